The van der Waals surface area contributed by atoms with Crippen LogP contribution < -0.4 is 5.56 Å². The number of aromatic amines is 2. The fraction of sp³-hybridized carbons (Fsp3) is 0.190. The highest BCUT2D eigenvalue weighted by molar-refractivity contribution is 5.62. The average molecular weight is 391 g/mol. The predicted molar refractivity (Wildman–Crippen MR) is 104 cm³/mol. The molecule has 0 bridgehead atoms. The van der Waals surface area contributed by atoms with Crippen LogP contribution in [0.5, 0.6) is 0 Å². The van der Waals surface area contributed by atoms with Gasteiger partial charge in [0.2, 0.25) is 0 Å². The summed E-state index contributed by atoms with van der Waals surface area (Å²) < 4.78 is 18.6. The number of fused-ring (bicyclic) bond motifs is 1. The van der Waals surface area contributed by atoms with Crippen molar-refractivity contribution in [2.45, 2.75) is 19.5 Å². The number of aromatic nitrogens is 4. The number of nitrogens with zero attached hydrogens (tertiary/aromatic N) is 3. The van der Waals surface area contributed by atoms with Gasteiger partial charge in [0.05, 0.1) is 29.4 Å². The predicted octanol–water partition coefficient (Wildman–Crippen LogP) is 3.12. The lowest BCUT2D eigenvalue weighted by molar-refractivity contribution is 0.242. The number of rotatable bonds is 4. The first-order valence-electron chi connectivity index (χ1n) is 9.34. The van der Waals surface area contributed by atoms with Gasteiger partial charge in [0, 0.05) is 37.2 Å². The molecule has 29 heavy (non-hydrogen) atoms. The molecule has 3 aromatic heterocycles. The van der Waals surface area contributed by atoms with Gasteiger partial charge in [-0.05, 0) is 36.4 Å². The summed E-state index contributed by atoms with van der Waals surface area (Å²) in [5, 5.41) is 7.15. The van der Waals surface area contributed by atoms with Crippen LogP contribution in [0.4, 0.5) is 4.39 Å². The SMILES string of the molecule is O=c1[nH]c(-c2ccco2)nc2c1CN(Cc1cn[nH]c1-c1ccc(F)cc1)CC2. The van der Waals surface area contributed by atoms with Crippen LogP contribution in [0.25, 0.3) is 22.8 Å². The fourth-order valence-corrected chi connectivity index (χ4v) is 3.68. The molecule has 1 aromatic carbocycles. The van der Waals surface area contributed by atoms with Gasteiger partial charge in [0.25, 0.3) is 5.56 Å². The zero-order chi connectivity index (χ0) is 19.8. The molecule has 0 atom stereocenters. The van der Waals surface area contributed by atoms with E-state index in [2.05, 4.69) is 25.1 Å². The fourth-order valence-electron chi connectivity index (χ4n) is 3.68. The minimum absolute atomic E-state index is 0.142. The number of halogens is 1. The molecule has 146 valence electrons. The molecule has 4 heterocycles. The second-order valence-electron chi connectivity index (χ2n) is 7.05. The van der Waals surface area contributed by atoms with Gasteiger partial charge in [0.1, 0.15) is 5.82 Å². The Labute approximate surface area is 165 Å². The van der Waals surface area contributed by atoms with Crippen molar-refractivity contribution in [3.05, 3.63) is 81.9 Å². The standard InChI is InChI=1S/C21H18FN5O2/c22-15-5-3-13(4-6-15)19-14(10-23-26-19)11-27-8-7-17-16(12-27)21(28)25-20(24-17)18-2-1-9-29-18/h1-6,9-10H,7-8,11-12H2,(H,23,26)(H,24,25,28). The maximum atomic E-state index is 13.2. The number of furan rings is 1. The number of hydrogen-bond acceptors (Lipinski definition) is 5. The highest BCUT2D eigenvalue weighted by Crippen LogP contribution is 2.25. The molecule has 0 radical (unpaired) electrons. The van der Waals surface area contributed by atoms with Gasteiger partial charge in [-0.15, -0.1) is 0 Å². The normalized spacial score (nSPS) is 14.1. The van der Waals surface area contributed by atoms with E-state index in [4.69, 9.17) is 4.42 Å². The molecule has 0 unspecified atom stereocenters. The van der Waals surface area contributed by atoms with Gasteiger partial charge in [-0.3, -0.25) is 14.8 Å². The van der Waals surface area contributed by atoms with Gasteiger partial charge in [-0.25, -0.2) is 9.37 Å². The summed E-state index contributed by atoms with van der Waals surface area (Å²) in [5.41, 5.74) is 4.07. The summed E-state index contributed by atoms with van der Waals surface area (Å²) in [6.07, 6.45) is 4.01. The van der Waals surface area contributed by atoms with Crippen LogP contribution in [0.1, 0.15) is 16.8 Å². The van der Waals surface area contributed by atoms with Crippen molar-refractivity contribution in [2.24, 2.45) is 0 Å². The van der Waals surface area contributed by atoms with E-state index >= 15 is 0 Å². The Kier molecular flexibility index (Phi) is 4.33. The third-order valence-corrected chi connectivity index (χ3v) is 5.15. The van der Waals surface area contributed by atoms with Gasteiger partial charge in [0.15, 0.2) is 11.6 Å². The van der Waals surface area contributed by atoms with Crippen molar-refractivity contribution in [3.63, 3.8) is 0 Å². The Morgan fingerprint density at radius 1 is 1.21 bits per heavy atom. The number of benzene rings is 1. The van der Waals surface area contributed by atoms with E-state index in [0.717, 1.165) is 29.1 Å². The maximum Gasteiger partial charge on any atom is 0.256 e. The second kappa shape index (κ2) is 7.14. The van der Waals surface area contributed by atoms with E-state index in [1.54, 1.807) is 36.7 Å². The van der Waals surface area contributed by atoms with E-state index in [0.29, 0.717) is 36.7 Å². The molecular weight excluding hydrogens is 373 g/mol. The van der Waals surface area contributed by atoms with Crippen LogP contribution in [0.2, 0.25) is 0 Å². The number of H-pyrrole nitrogens is 2. The maximum absolute atomic E-state index is 13.2. The molecule has 1 aliphatic heterocycles. The molecule has 8 heteroatoms. The highest BCUT2D eigenvalue weighted by atomic mass is 19.1. The summed E-state index contributed by atoms with van der Waals surface area (Å²) in [4.78, 5) is 22.2. The Hall–Kier alpha value is -3.52. The third-order valence-electron chi connectivity index (χ3n) is 5.15. The molecule has 1 aliphatic rings. The average Bonchev–Trinajstić information content (AvgIpc) is 3.41. The molecule has 0 saturated heterocycles. The van der Waals surface area contributed by atoms with E-state index in [1.807, 2.05) is 0 Å². The Balaban J connectivity index is 1.38. The van der Waals surface area contributed by atoms with Gasteiger partial charge in [-0.1, -0.05) is 0 Å². The zero-order valence-corrected chi connectivity index (χ0v) is 15.5. The Bertz CT molecular complexity index is 1190. The van der Waals surface area contributed by atoms with Crippen LogP contribution in [0.3, 0.4) is 0 Å². The lowest BCUT2D eigenvalue weighted by Gasteiger charge is -2.27. The summed E-state index contributed by atoms with van der Waals surface area (Å²) in [5.74, 6) is 0.735. The van der Waals surface area contributed by atoms with Crippen LogP contribution in [0.15, 0.2) is 58.1 Å². The molecule has 0 spiro atoms. The second-order valence-corrected chi connectivity index (χ2v) is 7.05. The number of nitrogens with one attached hydrogen (secondary N) is 2. The minimum Gasteiger partial charge on any atom is -0.461 e. The Morgan fingerprint density at radius 2 is 2.07 bits per heavy atom. The number of hydrogen-bond donors (Lipinski definition) is 2. The van der Waals surface area contributed by atoms with Gasteiger partial charge < -0.3 is 9.40 Å². The monoisotopic (exact) mass is 391 g/mol. The first-order chi connectivity index (χ1) is 14.2. The summed E-state index contributed by atoms with van der Waals surface area (Å²) in [6.45, 7) is 1.90. The van der Waals surface area contributed by atoms with E-state index in [9.17, 15) is 9.18 Å². The van der Waals surface area contributed by atoms with Crippen LogP contribution in [0, 0.1) is 5.82 Å². The smallest absolute Gasteiger partial charge is 0.256 e. The van der Waals surface area contributed by atoms with Crippen molar-refractivity contribution < 1.29 is 8.81 Å². The van der Waals surface area contributed by atoms with Gasteiger partial charge in [-0.2, -0.15) is 5.10 Å². The first kappa shape index (κ1) is 17.6. The van der Waals surface area contributed by atoms with Gasteiger partial charge >= 0.3 is 0 Å². The summed E-state index contributed by atoms with van der Waals surface area (Å²) >= 11 is 0. The van der Waals surface area contributed by atoms with Crippen LogP contribution in [-0.4, -0.2) is 31.6 Å². The molecule has 4 aromatic rings. The van der Waals surface area contributed by atoms with Crippen molar-refractivity contribution in [1.29, 1.82) is 0 Å². The molecule has 7 nitrogen and oxygen atoms in total. The van der Waals surface area contributed by atoms with E-state index in [-0.39, 0.29) is 11.4 Å². The molecule has 5 rings (SSSR count). The highest BCUT2D eigenvalue weighted by Gasteiger charge is 2.23. The van der Waals surface area contributed by atoms with Crippen LogP contribution in [-0.2, 0) is 19.5 Å². The van der Waals surface area contributed by atoms with Crippen molar-refractivity contribution in [1.82, 2.24) is 25.1 Å². The Morgan fingerprint density at radius 3 is 2.86 bits per heavy atom. The quantitative estimate of drug-likeness (QED) is 0.558. The summed E-state index contributed by atoms with van der Waals surface area (Å²) in [6, 6.07) is 9.85. The van der Waals surface area contributed by atoms with E-state index < -0.39 is 0 Å². The molecule has 0 aliphatic carbocycles. The largest absolute Gasteiger partial charge is 0.461 e. The first-order valence-corrected chi connectivity index (χ1v) is 9.34. The van der Waals surface area contributed by atoms with Crippen molar-refractivity contribution >= 4 is 0 Å². The lowest BCUT2D eigenvalue weighted by atomic mass is 10.0. The minimum atomic E-state index is -0.275. The van der Waals surface area contributed by atoms with Crippen LogP contribution >= 0.6 is 0 Å². The zero-order valence-electron chi connectivity index (χ0n) is 15.5. The molecule has 2 N–H and O–H groups in total. The molecular formula is C21H18FN5O2. The lowest BCUT2D eigenvalue weighted by Crippen LogP contribution is -2.35. The van der Waals surface area contributed by atoms with Crippen molar-refractivity contribution in [2.75, 3.05) is 6.54 Å². The topological polar surface area (TPSA) is 90.8 Å². The molecule has 0 amide bonds. The van der Waals surface area contributed by atoms with E-state index in [1.165, 1.54) is 12.1 Å². The summed E-state index contributed by atoms with van der Waals surface area (Å²) in [7, 11) is 0. The molecule has 0 fully saturated rings. The molecule has 0 saturated carbocycles. The van der Waals surface area contributed by atoms with Crippen molar-refractivity contribution in [3.8, 4) is 22.8 Å². The third kappa shape index (κ3) is 3.38.